The summed E-state index contributed by atoms with van der Waals surface area (Å²) in [6, 6.07) is 5.61. The fraction of sp³-hybridized carbons (Fsp3) is 0.533. The fourth-order valence-corrected chi connectivity index (χ4v) is 2.38. The second kappa shape index (κ2) is 8.20. The number of rotatable bonds is 5. The molecule has 0 radical (unpaired) electrons. The lowest BCUT2D eigenvalue weighted by atomic mass is 10.1. The van der Waals surface area contributed by atoms with Gasteiger partial charge in [-0.15, -0.1) is 0 Å². The number of amides is 2. The molecule has 22 heavy (non-hydrogen) atoms. The predicted octanol–water partition coefficient (Wildman–Crippen LogP) is 0.759. The number of aromatic nitrogens is 1. The summed E-state index contributed by atoms with van der Waals surface area (Å²) in [5, 5.41) is 17.8. The molecular formula is C15H22N6O. The molecule has 1 aliphatic rings. The van der Waals surface area contributed by atoms with Gasteiger partial charge in [-0.3, -0.25) is 0 Å². The van der Waals surface area contributed by atoms with Crippen molar-refractivity contribution < 1.29 is 4.79 Å². The maximum absolute atomic E-state index is 11.8. The van der Waals surface area contributed by atoms with Gasteiger partial charge in [-0.05, 0) is 45.1 Å². The number of likely N-dealkylation sites (tertiary alicyclic amines) is 1. The Morgan fingerprint density at radius 3 is 2.95 bits per heavy atom. The summed E-state index contributed by atoms with van der Waals surface area (Å²) in [6.07, 6.45) is 3.60. The number of nitriles is 1. The van der Waals surface area contributed by atoms with E-state index in [1.54, 1.807) is 18.3 Å². The zero-order chi connectivity index (χ0) is 15.8. The SMILES string of the molecule is CN1CCC(NC(=O)NCCNc2ncccc2C#N)CC1. The van der Waals surface area contributed by atoms with E-state index in [0.29, 0.717) is 24.5 Å². The lowest BCUT2D eigenvalue weighted by molar-refractivity contribution is 0.214. The molecule has 2 heterocycles. The van der Waals surface area contributed by atoms with Crippen molar-refractivity contribution in [2.45, 2.75) is 18.9 Å². The van der Waals surface area contributed by atoms with Crippen LogP contribution in [0.1, 0.15) is 18.4 Å². The number of carbonyl (C=O) groups is 1. The standard InChI is InChI=1S/C15H22N6O/c1-21-9-4-13(5-10-21)20-15(22)19-8-7-18-14-12(11-16)3-2-6-17-14/h2-3,6,13H,4-5,7-10H2,1H3,(H,17,18)(H2,19,20,22). The van der Waals surface area contributed by atoms with Crippen LogP contribution in [0.4, 0.5) is 10.6 Å². The third kappa shape index (κ3) is 4.90. The Morgan fingerprint density at radius 2 is 2.23 bits per heavy atom. The number of nitrogens with one attached hydrogen (secondary N) is 3. The topological polar surface area (TPSA) is 93.1 Å². The van der Waals surface area contributed by atoms with E-state index >= 15 is 0 Å². The Kier molecular flexibility index (Phi) is 5.98. The van der Waals surface area contributed by atoms with Crippen LogP contribution in [0.2, 0.25) is 0 Å². The lowest BCUT2D eigenvalue weighted by Gasteiger charge is -2.29. The maximum atomic E-state index is 11.8. The van der Waals surface area contributed by atoms with Crippen LogP contribution < -0.4 is 16.0 Å². The molecule has 0 bridgehead atoms. The number of nitrogens with zero attached hydrogens (tertiary/aromatic N) is 3. The zero-order valence-corrected chi connectivity index (χ0v) is 12.8. The number of hydrogen-bond donors (Lipinski definition) is 3. The summed E-state index contributed by atoms with van der Waals surface area (Å²) in [5.41, 5.74) is 0.498. The van der Waals surface area contributed by atoms with Gasteiger partial charge in [-0.1, -0.05) is 0 Å². The van der Waals surface area contributed by atoms with E-state index in [-0.39, 0.29) is 12.1 Å². The monoisotopic (exact) mass is 302 g/mol. The van der Waals surface area contributed by atoms with Crippen molar-refractivity contribution in [1.82, 2.24) is 20.5 Å². The molecule has 1 aromatic heterocycles. The molecule has 2 rings (SSSR count). The normalized spacial score (nSPS) is 15.8. The molecule has 1 aromatic rings. The van der Waals surface area contributed by atoms with Crippen molar-refractivity contribution >= 4 is 11.8 Å². The van der Waals surface area contributed by atoms with Crippen LogP contribution in [0.5, 0.6) is 0 Å². The van der Waals surface area contributed by atoms with Crippen molar-refractivity contribution in [2.24, 2.45) is 0 Å². The van der Waals surface area contributed by atoms with Crippen molar-refractivity contribution in [3.05, 3.63) is 23.9 Å². The van der Waals surface area contributed by atoms with Crippen LogP contribution in [0.25, 0.3) is 0 Å². The van der Waals surface area contributed by atoms with E-state index in [4.69, 9.17) is 5.26 Å². The third-order valence-corrected chi connectivity index (χ3v) is 3.68. The van der Waals surface area contributed by atoms with Crippen LogP contribution in [0.3, 0.4) is 0 Å². The highest BCUT2D eigenvalue weighted by Crippen LogP contribution is 2.09. The molecule has 118 valence electrons. The molecular weight excluding hydrogens is 280 g/mol. The Balaban J connectivity index is 1.64. The van der Waals surface area contributed by atoms with Gasteiger partial charge in [0.2, 0.25) is 0 Å². The second-order valence-electron chi connectivity index (χ2n) is 5.42. The summed E-state index contributed by atoms with van der Waals surface area (Å²) in [5.74, 6) is 0.544. The molecule has 3 N–H and O–H groups in total. The average molecular weight is 302 g/mol. The molecule has 1 saturated heterocycles. The molecule has 0 atom stereocenters. The second-order valence-corrected chi connectivity index (χ2v) is 5.42. The van der Waals surface area contributed by atoms with Crippen molar-refractivity contribution in [2.75, 3.05) is 38.5 Å². The minimum absolute atomic E-state index is 0.141. The van der Waals surface area contributed by atoms with Crippen LogP contribution in [-0.2, 0) is 0 Å². The van der Waals surface area contributed by atoms with Crippen molar-refractivity contribution in [1.29, 1.82) is 5.26 Å². The highest BCUT2D eigenvalue weighted by molar-refractivity contribution is 5.74. The number of urea groups is 1. The Bertz CT molecular complexity index is 533. The van der Waals surface area contributed by atoms with E-state index in [1.165, 1.54) is 0 Å². The third-order valence-electron chi connectivity index (χ3n) is 3.68. The Hall–Kier alpha value is -2.33. The first kappa shape index (κ1) is 16.0. The predicted molar refractivity (Wildman–Crippen MR) is 84.5 cm³/mol. The van der Waals surface area contributed by atoms with Crippen molar-refractivity contribution in [3.63, 3.8) is 0 Å². The molecule has 0 spiro atoms. The number of carbonyl (C=O) groups excluding carboxylic acids is 1. The van der Waals surface area contributed by atoms with Gasteiger partial charge in [0.1, 0.15) is 11.9 Å². The summed E-state index contributed by atoms with van der Waals surface area (Å²) in [7, 11) is 2.09. The average Bonchev–Trinajstić information content (AvgIpc) is 2.54. The van der Waals surface area contributed by atoms with Gasteiger partial charge in [-0.25, -0.2) is 9.78 Å². The van der Waals surface area contributed by atoms with Crippen LogP contribution in [-0.4, -0.2) is 55.2 Å². The van der Waals surface area contributed by atoms with Crippen LogP contribution in [0.15, 0.2) is 18.3 Å². The molecule has 0 unspecified atom stereocenters. The first-order valence-corrected chi connectivity index (χ1v) is 7.51. The van der Waals surface area contributed by atoms with Crippen LogP contribution >= 0.6 is 0 Å². The molecule has 0 aliphatic carbocycles. The molecule has 0 aromatic carbocycles. The molecule has 0 saturated carbocycles. The smallest absolute Gasteiger partial charge is 0.315 e. The van der Waals surface area contributed by atoms with Crippen LogP contribution in [0, 0.1) is 11.3 Å². The summed E-state index contributed by atoms with van der Waals surface area (Å²) >= 11 is 0. The number of piperidine rings is 1. The number of hydrogen-bond acceptors (Lipinski definition) is 5. The fourth-order valence-electron chi connectivity index (χ4n) is 2.38. The van der Waals surface area contributed by atoms with E-state index in [9.17, 15) is 4.79 Å². The first-order chi connectivity index (χ1) is 10.7. The maximum Gasteiger partial charge on any atom is 0.315 e. The van der Waals surface area contributed by atoms with Gasteiger partial charge in [0, 0.05) is 25.3 Å². The minimum Gasteiger partial charge on any atom is -0.367 e. The highest BCUT2D eigenvalue weighted by atomic mass is 16.2. The summed E-state index contributed by atoms with van der Waals surface area (Å²) in [6.45, 7) is 3.03. The number of anilines is 1. The molecule has 1 aliphatic heterocycles. The van der Waals surface area contributed by atoms with Gasteiger partial charge >= 0.3 is 6.03 Å². The van der Waals surface area contributed by atoms with E-state index in [0.717, 1.165) is 25.9 Å². The molecule has 7 heteroatoms. The van der Waals surface area contributed by atoms with E-state index in [2.05, 4.69) is 39.0 Å². The van der Waals surface area contributed by atoms with E-state index in [1.807, 2.05) is 0 Å². The molecule has 7 nitrogen and oxygen atoms in total. The van der Waals surface area contributed by atoms with Gasteiger partial charge in [0.25, 0.3) is 0 Å². The first-order valence-electron chi connectivity index (χ1n) is 7.51. The van der Waals surface area contributed by atoms with Gasteiger partial charge < -0.3 is 20.9 Å². The van der Waals surface area contributed by atoms with Gasteiger partial charge in [0.15, 0.2) is 0 Å². The van der Waals surface area contributed by atoms with Crippen molar-refractivity contribution in [3.8, 4) is 6.07 Å². The minimum atomic E-state index is -0.141. The Morgan fingerprint density at radius 1 is 1.45 bits per heavy atom. The quantitative estimate of drug-likeness (QED) is 0.698. The highest BCUT2D eigenvalue weighted by Gasteiger charge is 2.17. The largest absolute Gasteiger partial charge is 0.367 e. The molecule has 2 amide bonds. The van der Waals surface area contributed by atoms with E-state index < -0.39 is 0 Å². The summed E-state index contributed by atoms with van der Waals surface area (Å²) < 4.78 is 0. The Labute approximate surface area is 130 Å². The number of pyridine rings is 1. The van der Waals surface area contributed by atoms with Gasteiger partial charge in [0.05, 0.1) is 5.56 Å². The summed E-state index contributed by atoms with van der Waals surface area (Å²) in [4.78, 5) is 18.2. The molecule has 1 fully saturated rings. The lowest BCUT2D eigenvalue weighted by Crippen LogP contribution is -2.47. The van der Waals surface area contributed by atoms with Gasteiger partial charge in [-0.2, -0.15) is 5.26 Å². The zero-order valence-electron chi connectivity index (χ0n) is 12.8.